The Morgan fingerprint density at radius 1 is 0.857 bits per heavy atom. The second-order valence-corrected chi connectivity index (χ2v) is 9.75. The number of halogens is 1. The third-order valence-electron chi connectivity index (χ3n) is 6.32. The van der Waals surface area contributed by atoms with Gasteiger partial charge in [0.25, 0.3) is 11.8 Å². The number of nitrogens with one attached hydrogen (secondary N) is 2. The predicted octanol–water partition coefficient (Wildman–Crippen LogP) is 6.72. The highest BCUT2D eigenvalue weighted by Crippen LogP contribution is 2.29. The van der Waals surface area contributed by atoms with Crippen LogP contribution >= 0.6 is 11.6 Å². The number of benzene rings is 4. The van der Waals surface area contributed by atoms with Crippen LogP contribution in [0.1, 0.15) is 39.5 Å². The second-order valence-electron chi connectivity index (χ2n) is 9.34. The van der Waals surface area contributed by atoms with Crippen molar-refractivity contribution in [2.75, 3.05) is 18.5 Å². The molecule has 8 nitrogen and oxygen atoms in total. The molecular weight excluding hydrogens is 554 g/mol. The van der Waals surface area contributed by atoms with E-state index in [0.717, 1.165) is 22.4 Å². The average molecular weight is 586 g/mol. The number of anilines is 1. The van der Waals surface area contributed by atoms with E-state index in [0.29, 0.717) is 46.6 Å². The Morgan fingerprint density at radius 3 is 2.40 bits per heavy atom. The fourth-order valence-corrected chi connectivity index (χ4v) is 4.18. The molecule has 0 aliphatic rings. The smallest absolute Gasteiger partial charge is 0.271 e. The first-order chi connectivity index (χ1) is 20.3. The molecule has 0 fully saturated rings. The van der Waals surface area contributed by atoms with E-state index < -0.39 is 5.91 Å². The fraction of sp³-hybridized carbons (Fsp3) is 0.182. The minimum absolute atomic E-state index is 0.198. The average Bonchev–Trinajstić information content (AvgIpc) is 2.99. The summed E-state index contributed by atoms with van der Waals surface area (Å²) >= 11 is 6.35. The molecular formula is C33H32ClN3O5. The molecule has 2 amide bonds. The summed E-state index contributed by atoms with van der Waals surface area (Å²) in [4.78, 5) is 25.1. The Kier molecular flexibility index (Phi) is 10.6. The summed E-state index contributed by atoms with van der Waals surface area (Å²) in [5, 5.41) is 7.19. The fourth-order valence-electron chi connectivity index (χ4n) is 3.93. The van der Waals surface area contributed by atoms with Gasteiger partial charge in [-0.3, -0.25) is 9.59 Å². The number of amides is 2. The van der Waals surface area contributed by atoms with Crippen molar-refractivity contribution >= 4 is 35.3 Å². The van der Waals surface area contributed by atoms with E-state index in [1.165, 1.54) is 6.21 Å². The Hall–Kier alpha value is -4.82. The summed E-state index contributed by atoms with van der Waals surface area (Å²) < 4.78 is 17.2. The van der Waals surface area contributed by atoms with Gasteiger partial charge in [0, 0.05) is 11.3 Å². The molecule has 0 aliphatic heterocycles. The lowest BCUT2D eigenvalue weighted by Crippen LogP contribution is -2.21. The first-order valence-electron chi connectivity index (χ1n) is 13.4. The third-order valence-corrected chi connectivity index (χ3v) is 6.61. The van der Waals surface area contributed by atoms with Crippen molar-refractivity contribution in [3.63, 3.8) is 0 Å². The van der Waals surface area contributed by atoms with Crippen LogP contribution in [0, 0.1) is 13.8 Å². The topological polar surface area (TPSA) is 98.3 Å². The van der Waals surface area contributed by atoms with E-state index in [1.54, 1.807) is 36.4 Å². The van der Waals surface area contributed by atoms with E-state index in [1.807, 2.05) is 69.3 Å². The van der Waals surface area contributed by atoms with Gasteiger partial charge in [0.1, 0.15) is 12.4 Å². The maximum Gasteiger partial charge on any atom is 0.271 e. The molecule has 2 N–H and O–H groups in total. The van der Waals surface area contributed by atoms with Crippen molar-refractivity contribution in [2.24, 2.45) is 5.10 Å². The molecule has 0 radical (unpaired) electrons. The number of nitrogens with zero attached hydrogens (tertiary/aromatic N) is 1. The zero-order valence-electron chi connectivity index (χ0n) is 23.6. The van der Waals surface area contributed by atoms with Crippen LogP contribution in [-0.2, 0) is 11.4 Å². The van der Waals surface area contributed by atoms with Crippen LogP contribution in [0.5, 0.6) is 17.2 Å². The van der Waals surface area contributed by atoms with Gasteiger partial charge >= 0.3 is 0 Å². The molecule has 9 heteroatoms. The van der Waals surface area contributed by atoms with Crippen LogP contribution < -0.4 is 25.0 Å². The van der Waals surface area contributed by atoms with Gasteiger partial charge in [-0.25, -0.2) is 5.43 Å². The van der Waals surface area contributed by atoms with Gasteiger partial charge in [-0.05, 0) is 85.5 Å². The Labute approximate surface area is 250 Å². The molecule has 4 aromatic carbocycles. The summed E-state index contributed by atoms with van der Waals surface area (Å²) in [6.07, 6.45) is 1.46. The Balaban J connectivity index is 1.31. The molecule has 0 unspecified atom stereocenters. The highest BCUT2D eigenvalue weighted by atomic mass is 35.5. The number of hydrogen-bond acceptors (Lipinski definition) is 6. The summed E-state index contributed by atoms with van der Waals surface area (Å²) in [6, 6.07) is 25.4. The molecule has 0 bridgehead atoms. The van der Waals surface area contributed by atoms with Crippen molar-refractivity contribution in [3.8, 4) is 17.2 Å². The number of hydrazone groups is 1. The van der Waals surface area contributed by atoms with E-state index >= 15 is 0 Å². The first-order valence-corrected chi connectivity index (χ1v) is 13.8. The van der Waals surface area contributed by atoms with Gasteiger partial charge < -0.3 is 19.5 Å². The van der Waals surface area contributed by atoms with Crippen LogP contribution in [0.2, 0.25) is 5.02 Å². The van der Waals surface area contributed by atoms with Crippen molar-refractivity contribution in [3.05, 3.63) is 118 Å². The van der Waals surface area contributed by atoms with E-state index in [2.05, 4.69) is 15.8 Å². The van der Waals surface area contributed by atoms with E-state index in [-0.39, 0.29) is 12.5 Å². The Bertz CT molecular complexity index is 1570. The monoisotopic (exact) mass is 585 g/mol. The van der Waals surface area contributed by atoms with Crippen molar-refractivity contribution in [2.45, 2.75) is 27.4 Å². The largest absolute Gasteiger partial charge is 0.490 e. The number of carbonyl (C=O) groups is 2. The molecule has 0 aliphatic carbocycles. The molecule has 4 aromatic rings. The number of aryl methyl sites for hydroxylation is 1. The standard InChI is InChI=1S/C33H32ClN3O5/c1-4-40-31-18-26(14-16-30(31)41-20-24-10-6-5-7-11-24)33(39)37-35-19-25-13-15-29(27(34)17-25)42-21-32(38)36-28-12-8-9-22(2)23(28)3/h5-19H,4,20-21H2,1-3H3,(H,36,38)(H,37,39)/b35-19+. The Morgan fingerprint density at radius 2 is 1.64 bits per heavy atom. The van der Waals surface area contributed by atoms with Gasteiger partial charge in [-0.1, -0.05) is 54.1 Å². The van der Waals surface area contributed by atoms with Gasteiger partial charge in [0.2, 0.25) is 0 Å². The lowest BCUT2D eigenvalue weighted by atomic mass is 10.1. The van der Waals surface area contributed by atoms with Gasteiger partial charge in [-0.2, -0.15) is 5.10 Å². The number of carbonyl (C=O) groups excluding carboxylic acids is 2. The summed E-state index contributed by atoms with van der Waals surface area (Å²) in [5.74, 6) is 0.654. The maximum absolute atomic E-state index is 12.7. The number of hydrogen-bond donors (Lipinski definition) is 2. The van der Waals surface area contributed by atoms with Gasteiger partial charge in [0.15, 0.2) is 18.1 Å². The third kappa shape index (κ3) is 8.34. The van der Waals surface area contributed by atoms with E-state index in [9.17, 15) is 9.59 Å². The quantitative estimate of drug-likeness (QED) is 0.142. The highest BCUT2D eigenvalue weighted by molar-refractivity contribution is 6.32. The maximum atomic E-state index is 12.7. The molecule has 42 heavy (non-hydrogen) atoms. The highest BCUT2D eigenvalue weighted by Gasteiger charge is 2.12. The van der Waals surface area contributed by atoms with Crippen LogP contribution in [0.15, 0.2) is 90.0 Å². The van der Waals surface area contributed by atoms with Crippen LogP contribution in [0.4, 0.5) is 5.69 Å². The summed E-state index contributed by atoms with van der Waals surface area (Å²) in [6.45, 7) is 6.39. The van der Waals surface area contributed by atoms with Crippen LogP contribution in [0.25, 0.3) is 0 Å². The number of ether oxygens (including phenoxy) is 3. The minimum atomic E-state index is -0.414. The lowest BCUT2D eigenvalue weighted by Gasteiger charge is -2.13. The molecule has 216 valence electrons. The number of rotatable bonds is 12. The molecule has 0 heterocycles. The SMILES string of the molecule is CCOc1cc(C(=O)N/N=C/c2ccc(OCC(=O)Nc3cccc(C)c3C)c(Cl)c2)ccc1OCc1ccccc1. The molecule has 0 saturated heterocycles. The van der Waals surface area contributed by atoms with Crippen molar-refractivity contribution in [1.82, 2.24) is 5.43 Å². The normalized spacial score (nSPS) is 10.8. The van der Waals surface area contributed by atoms with Crippen molar-refractivity contribution < 1.29 is 23.8 Å². The zero-order valence-corrected chi connectivity index (χ0v) is 24.4. The van der Waals surface area contributed by atoms with Gasteiger partial charge in [-0.15, -0.1) is 0 Å². The summed E-state index contributed by atoms with van der Waals surface area (Å²) in [5.41, 5.74) is 7.35. The van der Waals surface area contributed by atoms with E-state index in [4.69, 9.17) is 25.8 Å². The molecule has 0 aromatic heterocycles. The predicted molar refractivity (Wildman–Crippen MR) is 165 cm³/mol. The van der Waals surface area contributed by atoms with Crippen LogP contribution in [-0.4, -0.2) is 31.2 Å². The minimum Gasteiger partial charge on any atom is -0.490 e. The lowest BCUT2D eigenvalue weighted by molar-refractivity contribution is -0.118. The van der Waals surface area contributed by atoms with Crippen LogP contribution in [0.3, 0.4) is 0 Å². The van der Waals surface area contributed by atoms with Gasteiger partial charge in [0.05, 0.1) is 17.8 Å². The first kappa shape index (κ1) is 30.1. The molecule has 0 atom stereocenters. The molecule has 0 spiro atoms. The zero-order chi connectivity index (χ0) is 29.9. The van der Waals surface area contributed by atoms with Crippen molar-refractivity contribution in [1.29, 1.82) is 0 Å². The second kappa shape index (κ2) is 14.7. The summed E-state index contributed by atoms with van der Waals surface area (Å²) in [7, 11) is 0. The molecule has 0 saturated carbocycles. The molecule has 4 rings (SSSR count).